The van der Waals surface area contributed by atoms with Gasteiger partial charge in [0, 0.05) is 11.9 Å². The minimum Gasteiger partial charge on any atom is -0.260 e. The maximum absolute atomic E-state index is 12.3. The number of aryl methyl sites for hydroxylation is 1. The molecule has 0 saturated heterocycles. The molecule has 0 aliphatic rings. The monoisotopic (exact) mass is 187 g/mol. The highest BCUT2D eigenvalue weighted by Crippen LogP contribution is 2.31. The second-order valence-corrected chi connectivity index (χ2v) is 2.60. The van der Waals surface area contributed by atoms with Crippen LogP contribution in [-0.4, -0.2) is 4.98 Å². The van der Waals surface area contributed by atoms with Gasteiger partial charge in [-0.1, -0.05) is 12.7 Å². The summed E-state index contributed by atoms with van der Waals surface area (Å²) in [4.78, 5) is 3.63. The number of halogens is 3. The van der Waals surface area contributed by atoms with Gasteiger partial charge in [-0.25, -0.2) is 0 Å². The Kier molecular flexibility index (Phi) is 2.40. The van der Waals surface area contributed by atoms with Crippen molar-refractivity contribution in [3.63, 3.8) is 0 Å². The first kappa shape index (κ1) is 9.77. The lowest BCUT2D eigenvalue weighted by Gasteiger charge is -2.09. The van der Waals surface area contributed by atoms with Gasteiger partial charge in [-0.3, -0.25) is 4.98 Å². The lowest BCUT2D eigenvalue weighted by Crippen LogP contribution is -2.08. The van der Waals surface area contributed by atoms with Crippen molar-refractivity contribution in [1.82, 2.24) is 4.98 Å². The van der Waals surface area contributed by atoms with E-state index in [0.717, 1.165) is 6.07 Å². The molecular weight excluding hydrogens is 179 g/mol. The molecule has 70 valence electrons. The summed E-state index contributed by atoms with van der Waals surface area (Å²) < 4.78 is 36.9. The highest BCUT2D eigenvalue weighted by atomic mass is 19.4. The van der Waals surface area contributed by atoms with Gasteiger partial charge in [0.05, 0.1) is 5.56 Å². The summed E-state index contributed by atoms with van der Waals surface area (Å²) in [5, 5.41) is 0. The van der Waals surface area contributed by atoms with E-state index >= 15 is 0 Å². The molecular formula is C9H8F3N. The van der Waals surface area contributed by atoms with Gasteiger partial charge in [-0.2, -0.15) is 13.2 Å². The van der Waals surface area contributed by atoms with Crippen LogP contribution >= 0.6 is 0 Å². The second-order valence-electron chi connectivity index (χ2n) is 2.60. The van der Waals surface area contributed by atoms with Crippen LogP contribution in [0.15, 0.2) is 18.8 Å². The third-order valence-corrected chi connectivity index (χ3v) is 1.65. The van der Waals surface area contributed by atoms with Gasteiger partial charge in [-0.15, -0.1) is 0 Å². The van der Waals surface area contributed by atoms with Crippen LogP contribution in [0.5, 0.6) is 0 Å². The summed E-state index contributed by atoms with van der Waals surface area (Å²) in [5.41, 5.74) is -0.346. The maximum Gasteiger partial charge on any atom is 0.418 e. The Morgan fingerprint density at radius 1 is 1.46 bits per heavy atom. The highest BCUT2D eigenvalue weighted by molar-refractivity contribution is 5.47. The number of alkyl halides is 3. The summed E-state index contributed by atoms with van der Waals surface area (Å²) in [6.45, 7) is 4.71. The molecule has 1 heterocycles. The Labute approximate surface area is 73.9 Å². The van der Waals surface area contributed by atoms with Crippen molar-refractivity contribution in [2.24, 2.45) is 0 Å². The summed E-state index contributed by atoms with van der Waals surface area (Å²) in [5.74, 6) is 0. The summed E-state index contributed by atoms with van der Waals surface area (Å²) in [6, 6.07) is 1.04. The van der Waals surface area contributed by atoms with Crippen molar-refractivity contribution in [2.75, 3.05) is 0 Å². The van der Waals surface area contributed by atoms with Crippen molar-refractivity contribution < 1.29 is 13.2 Å². The fraction of sp³-hybridized carbons (Fsp3) is 0.222. The van der Waals surface area contributed by atoms with E-state index in [0.29, 0.717) is 5.56 Å². The SMILES string of the molecule is C=Cc1cnc(C)c(C(F)(F)F)c1. The fourth-order valence-corrected chi connectivity index (χ4v) is 0.948. The average Bonchev–Trinajstić information content (AvgIpc) is 2.03. The van der Waals surface area contributed by atoms with Gasteiger partial charge in [0.1, 0.15) is 0 Å². The van der Waals surface area contributed by atoms with E-state index in [2.05, 4.69) is 11.6 Å². The number of nitrogens with zero attached hydrogens (tertiary/aromatic N) is 1. The summed E-state index contributed by atoms with van der Waals surface area (Å²) in [6.07, 6.45) is -1.64. The van der Waals surface area contributed by atoms with Crippen LogP contribution in [0.2, 0.25) is 0 Å². The Hall–Kier alpha value is -1.32. The molecule has 0 amide bonds. The largest absolute Gasteiger partial charge is 0.418 e. The van der Waals surface area contributed by atoms with Gasteiger partial charge in [-0.05, 0) is 18.6 Å². The Bertz CT molecular complexity index is 328. The van der Waals surface area contributed by atoms with Crippen LogP contribution in [0.3, 0.4) is 0 Å². The zero-order valence-electron chi connectivity index (χ0n) is 7.02. The Balaban J connectivity index is 3.27. The van der Waals surface area contributed by atoms with E-state index in [1.807, 2.05) is 0 Å². The lowest BCUT2D eigenvalue weighted by atomic mass is 10.1. The zero-order chi connectivity index (χ0) is 10.1. The first-order chi connectivity index (χ1) is 5.95. The van der Waals surface area contributed by atoms with Crippen LogP contribution in [0.4, 0.5) is 13.2 Å². The van der Waals surface area contributed by atoms with Gasteiger partial charge in [0.2, 0.25) is 0 Å². The Morgan fingerprint density at radius 2 is 2.08 bits per heavy atom. The van der Waals surface area contributed by atoms with Crippen molar-refractivity contribution in [3.05, 3.63) is 35.7 Å². The molecule has 13 heavy (non-hydrogen) atoms. The van der Waals surface area contributed by atoms with Gasteiger partial charge < -0.3 is 0 Å². The fourth-order valence-electron chi connectivity index (χ4n) is 0.948. The van der Waals surface area contributed by atoms with Crippen molar-refractivity contribution in [3.8, 4) is 0 Å². The molecule has 0 N–H and O–H groups in total. The van der Waals surface area contributed by atoms with Crippen molar-refractivity contribution in [1.29, 1.82) is 0 Å². The van der Waals surface area contributed by atoms with Crippen LogP contribution in [-0.2, 0) is 6.18 Å². The first-order valence-corrected chi connectivity index (χ1v) is 3.61. The standard InChI is InChI=1S/C9H8F3N/c1-3-7-4-8(9(10,11)12)6(2)13-5-7/h3-5H,1H2,2H3. The van der Waals surface area contributed by atoms with E-state index < -0.39 is 11.7 Å². The normalized spacial score (nSPS) is 11.4. The predicted octanol–water partition coefficient (Wildman–Crippen LogP) is 3.05. The molecule has 1 rings (SSSR count). The molecule has 0 saturated carbocycles. The molecule has 0 fully saturated rings. The lowest BCUT2D eigenvalue weighted by molar-refractivity contribution is -0.138. The van der Waals surface area contributed by atoms with Crippen LogP contribution in [0.25, 0.3) is 6.08 Å². The van der Waals surface area contributed by atoms with E-state index in [1.54, 1.807) is 0 Å². The topological polar surface area (TPSA) is 12.9 Å². The molecule has 0 spiro atoms. The molecule has 0 atom stereocenters. The maximum atomic E-state index is 12.3. The summed E-state index contributed by atoms with van der Waals surface area (Å²) in [7, 11) is 0. The highest BCUT2D eigenvalue weighted by Gasteiger charge is 2.32. The quantitative estimate of drug-likeness (QED) is 0.658. The molecule has 0 unspecified atom stereocenters. The molecule has 0 aliphatic heterocycles. The van der Waals surface area contributed by atoms with E-state index in [-0.39, 0.29) is 5.69 Å². The van der Waals surface area contributed by atoms with Gasteiger partial charge in [0.15, 0.2) is 0 Å². The minimum atomic E-state index is -4.34. The zero-order valence-corrected chi connectivity index (χ0v) is 7.02. The third kappa shape index (κ3) is 2.08. The number of hydrogen-bond acceptors (Lipinski definition) is 1. The number of aromatic nitrogens is 1. The van der Waals surface area contributed by atoms with Crippen LogP contribution in [0, 0.1) is 6.92 Å². The minimum absolute atomic E-state index is 0.0156. The molecule has 0 aliphatic carbocycles. The van der Waals surface area contributed by atoms with Crippen LogP contribution < -0.4 is 0 Å². The molecule has 0 radical (unpaired) electrons. The van der Waals surface area contributed by atoms with Gasteiger partial charge in [0.25, 0.3) is 0 Å². The third-order valence-electron chi connectivity index (χ3n) is 1.65. The smallest absolute Gasteiger partial charge is 0.260 e. The van der Waals surface area contributed by atoms with Crippen molar-refractivity contribution in [2.45, 2.75) is 13.1 Å². The molecule has 0 bridgehead atoms. The van der Waals surface area contributed by atoms with E-state index in [9.17, 15) is 13.2 Å². The molecule has 4 heteroatoms. The van der Waals surface area contributed by atoms with E-state index in [4.69, 9.17) is 0 Å². The molecule has 1 aromatic heterocycles. The molecule has 0 aromatic carbocycles. The van der Waals surface area contributed by atoms with Crippen LogP contribution in [0.1, 0.15) is 16.8 Å². The van der Waals surface area contributed by atoms with Crippen molar-refractivity contribution >= 4 is 6.08 Å². The number of hydrogen-bond donors (Lipinski definition) is 0. The summed E-state index contributed by atoms with van der Waals surface area (Å²) >= 11 is 0. The van der Waals surface area contributed by atoms with Gasteiger partial charge >= 0.3 is 6.18 Å². The van der Waals surface area contributed by atoms with E-state index in [1.165, 1.54) is 19.2 Å². The Morgan fingerprint density at radius 3 is 2.54 bits per heavy atom. The number of pyridine rings is 1. The first-order valence-electron chi connectivity index (χ1n) is 3.61. The second kappa shape index (κ2) is 3.20. The number of rotatable bonds is 1. The molecule has 1 aromatic rings. The molecule has 1 nitrogen and oxygen atoms in total. The predicted molar refractivity (Wildman–Crippen MR) is 44.1 cm³/mol. The average molecular weight is 187 g/mol.